The van der Waals surface area contributed by atoms with Crippen LogP contribution in [0.4, 0.5) is 10.5 Å². The number of carboxylic acid groups (broad SMARTS) is 1. The Kier molecular flexibility index (Phi) is 7.15. The van der Waals surface area contributed by atoms with Gasteiger partial charge < -0.3 is 19.9 Å². The minimum atomic E-state index is -1.25. The van der Waals surface area contributed by atoms with E-state index in [0.29, 0.717) is 29.5 Å². The summed E-state index contributed by atoms with van der Waals surface area (Å²) in [4.78, 5) is 30.4. The minimum absolute atomic E-state index is 0.312. The highest BCUT2D eigenvalue weighted by Gasteiger charge is 2.46. The lowest BCUT2D eigenvalue weighted by atomic mass is 9.89. The van der Waals surface area contributed by atoms with E-state index in [1.54, 1.807) is 59.9 Å². The molecule has 0 spiro atoms. The van der Waals surface area contributed by atoms with E-state index in [1.165, 1.54) is 11.1 Å². The van der Waals surface area contributed by atoms with E-state index in [2.05, 4.69) is 10.3 Å². The average Bonchev–Trinajstić information content (AvgIpc) is 2.69. The van der Waals surface area contributed by atoms with Gasteiger partial charge in [-0.1, -0.05) is 13.0 Å². The molecule has 2 amide bonds. The summed E-state index contributed by atoms with van der Waals surface area (Å²) in [6.45, 7) is 10.6. The highest BCUT2D eigenvalue weighted by molar-refractivity contribution is 5.99. The number of benzene rings is 1. The third kappa shape index (κ3) is 5.45. The van der Waals surface area contributed by atoms with Gasteiger partial charge >= 0.3 is 6.09 Å². The number of hydrogen-bond donors (Lipinski definition) is 2. The summed E-state index contributed by atoms with van der Waals surface area (Å²) in [5, 5.41) is 12.5. The summed E-state index contributed by atoms with van der Waals surface area (Å²) < 4.78 is 11.0. The molecule has 8 nitrogen and oxygen atoms in total. The van der Waals surface area contributed by atoms with Gasteiger partial charge in [-0.3, -0.25) is 9.69 Å². The normalized spacial score (nSPS) is 13.1. The van der Waals surface area contributed by atoms with Crippen molar-refractivity contribution in [2.75, 3.05) is 12.4 Å². The Hall–Kier alpha value is -3.29. The van der Waals surface area contributed by atoms with Crippen molar-refractivity contribution in [1.82, 2.24) is 9.88 Å². The van der Waals surface area contributed by atoms with Crippen LogP contribution in [0, 0.1) is 6.92 Å². The lowest BCUT2D eigenvalue weighted by Crippen LogP contribution is -2.63. The topological polar surface area (TPSA) is 101 Å². The number of ether oxygens (including phenoxy) is 2. The molecule has 8 heteroatoms. The minimum Gasteiger partial charge on any atom is -0.496 e. The van der Waals surface area contributed by atoms with Gasteiger partial charge in [-0.2, -0.15) is 0 Å². The van der Waals surface area contributed by atoms with Crippen molar-refractivity contribution in [1.29, 1.82) is 0 Å². The first kappa shape index (κ1) is 24.0. The van der Waals surface area contributed by atoms with Crippen LogP contribution >= 0.6 is 0 Å². The fourth-order valence-corrected chi connectivity index (χ4v) is 3.42. The third-order valence-corrected chi connectivity index (χ3v) is 5.13. The van der Waals surface area contributed by atoms with Gasteiger partial charge in [0.1, 0.15) is 17.0 Å². The zero-order valence-corrected chi connectivity index (χ0v) is 19.1. The van der Waals surface area contributed by atoms with E-state index in [4.69, 9.17) is 9.47 Å². The molecule has 0 aliphatic heterocycles. The molecule has 0 aliphatic rings. The number of anilines is 1. The van der Waals surface area contributed by atoms with E-state index in [9.17, 15) is 14.7 Å². The van der Waals surface area contributed by atoms with Crippen molar-refractivity contribution >= 4 is 17.7 Å². The first-order chi connectivity index (χ1) is 14.4. The Labute approximate surface area is 183 Å². The first-order valence-electron chi connectivity index (χ1n) is 10.1. The van der Waals surface area contributed by atoms with Gasteiger partial charge in [-0.25, -0.2) is 9.78 Å². The largest absolute Gasteiger partial charge is 0.496 e. The molecule has 1 unspecified atom stereocenters. The summed E-state index contributed by atoms with van der Waals surface area (Å²) in [7, 11) is 1.59. The molecule has 1 heterocycles. The van der Waals surface area contributed by atoms with E-state index >= 15 is 0 Å². The Morgan fingerprint density at radius 2 is 1.84 bits per heavy atom. The van der Waals surface area contributed by atoms with Gasteiger partial charge in [0.2, 0.25) is 11.8 Å². The highest BCUT2D eigenvalue weighted by atomic mass is 16.5. The van der Waals surface area contributed by atoms with Crippen LogP contribution in [0.3, 0.4) is 0 Å². The number of nitrogens with zero attached hydrogens (tertiary/aromatic N) is 2. The Balaban J connectivity index is 2.17. The second-order valence-corrected chi connectivity index (χ2v) is 8.49. The van der Waals surface area contributed by atoms with Crippen LogP contribution in [0.2, 0.25) is 0 Å². The third-order valence-electron chi connectivity index (χ3n) is 5.13. The second-order valence-electron chi connectivity index (χ2n) is 8.49. The molecule has 0 fully saturated rings. The number of aromatic nitrogens is 1. The van der Waals surface area contributed by atoms with E-state index < -0.39 is 23.1 Å². The molecule has 0 bridgehead atoms. The van der Waals surface area contributed by atoms with Crippen molar-refractivity contribution in [2.45, 2.75) is 59.0 Å². The molecule has 2 rings (SSSR count). The number of aryl methyl sites for hydroxylation is 1. The van der Waals surface area contributed by atoms with E-state index in [-0.39, 0.29) is 0 Å². The molecule has 168 valence electrons. The van der Waals surface area contributed by atoms with Crippen LogP contribution in [0.5, 0.6) is 17.4 Å². The smallest absolute Gasteiger partial charge is 0.408 e. The predicted octanol–water partition coefficient (Wildman–Crippen LogP) is 5.08. The molecule has 2 N–H and O–H groups in total. The Bertz CT molecular complexity index is 937. The SMILES string of the molecule is CCC(C)(C(=O)Nc1ccc(Oc2ccc(C)c(OC)c2)nc1)N(C(=O)O)C(C)(C)C. The van der Waals surface area contributed by atoms with Crippen LogP contribution in [-0.4, -0.2) is 45.2 Å². The van der Waals surface area contributed by atoms with Crippen LogP contribution in [0.1, 0.15) is 46.6 Å². The standard InChI is InChI=1S/C23H31N3O5/c1-8-23(6,26(21(28)29)22(3,4)5)20(27)25-16-10-12-19(24-14-16)31-17-11-9-15(2)18(13-17)30-7/h9-14H,8H2,1-7H3,(H,25,27)(H,28,29). The van der Waals surface area contributed by atoms with Crippen molar-refractivity contribution in [2.24, 2.45) is 0 Å². The molecule has 0 saturated carbocycles. The monoisotopic (exact) mass is 429 g/mol. The molecule has 0 radical (unpaired) electrons. The maximum atomic E-state index is 13.0. The number of rotatable bonds is 7. The van der Waals surface area contributed by atoms with Gasteiger partial charge in [0.05, 0.1) is 19.0 Å². The summed E-state index contributed by atoms with van der Waals surface area (Å²) in [6, 6.07) is 8.76. The summed E-state index contributed by atoms with van der Waals surface area (Å²) >= 11 is 0. The number of hydrogen-bond acceptors (Lipinski definition) is 5. The maximum absolute atomic E-state index is 13.0. The molecule has 2 aromatic rings. The van der Waals surface area contributed by atoms with Crippen LogP contribution in [-0.2, 0) is 4.79 Å². The maximum Gasteiger partial charge on any atom is 0.408 e. The van der Waals surface area contributed by atoms with Crippen LogP contribution < -0.4 is 14.8 Å². The van der Waals surface area contributed by atoms with Gasteiger partial charge in [0.15, 0.2) is 0 Å². The van der Waals surface area contributed by atoms with Crippen molar-refractivity contribution in [3.63, 3.8) is 0 Å². The molecule has 1 atom stereocenters. The number of pyridine rings is 1. The van der Waals surface area contributed by atoms with E-state index in [0.717, 1.165) is 5.56 Å². The fraction of sp³-hybridized carbons (Fsp3) is 0.435. The molecule has 31 heavy (non-hydrogen) atoms. The molecule has 1 aromatic carbocycles. The summed E-state index contributed by atoms with van der Waals surface area (Å²) in [5.74, 6) is 1.21. The molecular formula is C23H31N3O5. The number of carbonyl (C=O) groups excluding carboxylic acids is 1. The number of nitrogens with one attached hydrogen (secondary N) is 1. The number of methoxy groups -OCH3 is 1. The lowest BCUT2D eigenvalue weighted by molar-refractivity contribution is -0.129. The predicted molar refractivity (Wildman–Crippen MR) is 119 cm³/mol. The molecular weight excluding hydrogens is 398 g/mol. The zero-order chi connectivity index (χ0) is 23.4. The fourth-order valence-electron chi connectivity index (χ4n) is 3.42. The quantitative estimate of drug-likeness (QED) is 0.637. The Morgan fingerprint density at radius 3 is 2.32 bits per heavy atom. The molecule has 1 aromatic heterocycles. The van der Waals surface area contributed by atoms with Crippen molar-refractivity contribution < 1.29 is 24.2 Å². The Morgan fingerprint density at radius 1 is 1.16 bits per heavy atom. The highest BCUT2D eigenvalue weighted by Crippen LogP contribution is 2.31. The van der Waals surface area contributed by atoms with Crippen molar-refractivity contribution in [3.05, 3.63) is 42.1 Å². The van der Waals surface area contributed by atoms with Crippen LogP contribution in [0.25, 0.3) is 0 Å². The van der Waals surface area contributed by atoms with Gasteiger partial charge in [0, 0.05) is 17.7 Å². The van der Waals surface area contributed by atoms with Gasteiger partial charge in [0.25, 0.3) is 0 Å². The number of carbonyl (C=O) groups is 2. The van der Waals surface area contributed by atoms with Crippen molar-refractivity contribution in [3.8, 4) is 17.4 Å². The summed E-state index contributed by atoms with van der Waals surface area (Å²) in [5.41, 5.74) is -0.570. The summed E-state index contributed by atoms with van der Waals surface area (Å²) in [6.07, 6.45) is 0.630. The average molecular weight is 430 g/mol. The molecule has 0 saturated heterocycles. The van der Waals surface area contributed by atoms with E-state index in [1.807, 2.05) is 19.1 Å². The zero-order valence-electron chi connectivity index (χ0n) is 19.1. The van der Waals surface area contributed by atoms with Crippen LogP contribution in [0.15, 0.2) is 36.5 Å². The first-order valence-corrected chi connectivity index (χ1v) is 10.1. The lowest BCUT2D eigenvalue weighted by Gasteiger charge is -2.45. The molecule has 0 aliphatic carbocycles. The second kappa shape index (κ2) is 9.24. The van der Waals surface area contributed by atoms with Gasteiger partial charge in [-0.15, -0.1) is 0 Å². The number of amides is 2. The van der Waals surface area contributed by atoms with Gasteiger partial charge in [-0.05, 0) is 58.7 Å².